The van der Waals surface area contributed by atoms with Crippen LogP contribution in [0.3, 0.4) is 0 Å². The van der Waals surface area contributed by atoms with Crippen molar-refractivity contribution in [3.05, 3.63) is 54.4 Å². The van der Waals surface area contributed by atoms with Gasteiger partial charge in [0, 0.05) is 29.7 Å². The molecule has 0 saturated heterocycles. The fourth-order valence-corrected chi connectivity index (χ4v) is 4.62. The first-order valence-corrected chi connectivity index (χ1v) is 8.75. The maximum atomic E-state index is 12.6. The predicted molar refractivity (Wildman–Crippen MR) is 91.6 cm³/mol. The zero-order valence-electron chi connectivity index (χ0n) is 13.6. The number of hydrogen-bond donors (Lipinski definition) is 1. The van der Waals surface area contributed by atoms with Crippen molar-refractivity contribution in [2.45, 2.75) is 38.6 Å². The molecule has 23 heavy (non-hydrogen) atoms. The van der Waals surface area contributed by atoms with Gasteiger partial charge in [-0.15, -0.1) is 0 Å². The van der Waals surface area contributed by atoms with Crippen LogP contribution in [0.2, 0.25) is 0 Å². The van der Waals surface area contributed by atoms with E-state index in [1.807, 2.05) is 53.4 Å². The second-order valence-electron chi connectivity index (χ2n) is 7.24. The summed E-state index contributed by atoms with van der Waals surface area (Å²) >= 11 is 0. The lowest BCUT2D eigenvalue weighted by atomic mass is 9.84. The Morgan fingerprint density at radius 3 is 2.70 bits per heavy atom. The second kappa shape index (κ2) is 5.88. The minimum atomic E-state index is 0.0503. The normalized spacial score (nSPS) is 27.1. The number of benzene rings is 1. The van der Waals surface area contributed by atoms with E-state index in [0.29, 0.717) is 5.92 Å². The third kappa shape index (κ3) is 2.80. The van der Waals surface area contributed by atoms with Gasteiger partial charge in [-0.05, 0) is 74.3 Å². The van der Waals surface area contributed by atoms with E-state index in [0.717, 1.165) is 23.1 Å². The molecule has 0 spiro atoms. The molecule has 120 valence electrons. The zero-order valence-corrected chi connectivity index (χ0v) is 13.6. The smallest absolute Gasteiger partial charge is 0.251 e. The SMILES string of the molecule is CC(NC(=O)c1cccc(-n2cccc2)c1)C1CC2CCC1C2. The van der Waals surface area contributed by atoms with Crippen LogP contribution in [0, 0.1) is 17.8 Å². The number of nitrogens with zero attached hydrogens (tertiary/aromatic N) is 1. The average Bonchev–Trinajstić information content (AvgIpc) is 3.32. The maximum absolute atomic E-state index is 12.6. The van der Waals surface area contributed by atoms with Crippen LogP contribution in [0.15, 0.2) is 48.8 Å². The third-order valence-corrected chi connectivity index (χ3v) is 5.80. The molecule has 2 aliphatic rings. The van der Waals surface area contributed by atoms with E-state index in [-0.39, 0.29) is 11.9 Å². The summed E-state index contributed by atoms with van der Waals surface area (Å²) in [7, 11) is 0. The Bertz CT molecular complexity index is 691. The van der Waals surface area contributed by atoms with Gasteiger partial charge in [-0.3, -0.25) is 4.79 Å². The first kappa shape index (κ1) is 14.6. The van der Waals surface area contributed by atoms with E-state index >= 15 is 0 Å². The number of aromatic nitrogens is 1. The molecule has 1 aromatic heterocycles. The van der Waals surface area contributed by atoms with Crippen LogP contribution in [0.4, 0.5) is 0 Å². The van der Waals surface area contributed by atoms with Gasteiger partial charge in [-0.25, -0.2) is 0 Å². The van der Waals surface area contributed by atoms with E-state index in [4.69, 9.17) is 0 Å². The van der Waals surface area contributed by atoms with Gasteiger partial charge in [0.2, 0.25) is 0 Å². The molecule has 2 aliphatic carbocycles. The lowest BCUT2D eigenvalue weighted by Crippen LogP contribution is -2.40. The Hall–Kier alpha value is -2.03. The van der Waals surface area contributed by atoms with Crippen molar-refractivity contribution >= 4 is 5.91 Å². The molecule has 4 unspecified atom stereocenters. The zero-order chi connectivity index (χ0) is 15.8. The molecule has 2 fully saturated rings. The van der Waals surface area contributed by atoms with Crippen LogP contribution in [-0.4, -0.2) is 16.5 Å². The molecule has 2 bridgehead atoms. The van der Waals surface area contributed by atoms with Crippen molar-refractivity contribution in [1.29, 1.82) is 0 Å². The van der Waals surface area contributed by atoms with E-state index in [9.17, 15) is 4.79 Å². The number of carbonyl (C=O) groups excluding carboxylic acids is 1. The van der Waals surface area contributed by atoms with E-state index in [1.165, 1.54) is 25.7 Å². The minimum absolute atomic E-state index is 0.0503. The molecule has 4 rings (SSSR count). The maximum Gasteiger partial charge on any atom is 0.251 e. The molecule has 0 aliphatic heterocycles. The van der Waals surface area contributed by atoms with Crippen LogP contribution in [-0.2, 0) is 0 Å². The van der Waals surface area contributed by atoms with Crippen LogP contribution < -0.4 is 5.32 Å². The summed E-state index contributed by atoms with van der Waals surface area (Å²) in [6.45, 7) is 2.18. The van der Waals surface area contributed by atoms with Gasteiger partial charge in [0.15, 0.2) is 0 Å². The van der Waals surface area contributed by atoms with Crippen molar-refractivity contribution < 1.29 is 4.79 Å². The van der Waals surface area contributed by atoms with Gasteiger partial charge in [0.25, 0.3) is 5.91 Å². The Balaban J connectivity index is 1.46. The van der Waals surface area contributed by atoms with E-state index in [1.54, 1.807) is 0 Å². The number of nitrogens with one attached hydrogen (secondary N) is 1. The first-order valence-electron chi connectivity index (χ1n) is 8.75. The molecule has 3 heteroatoms. The molecule has 1 N–H and O–H groups in total. The van der Waals surface area contributed by atoms with Crippen molar-refractivity contribution in [1.82, 2.24) is 9.88 Å². The molecule has 2 aromatic rings. The Morgan fingerprint density at radius 2 is 2.00 bits per heavy atom. The molecule has 0 radical (unpaired) electrons. The van der Waals surface area contributed by atoms with Crippen LogP contribution >= 0.6 is 0 Å². The highest BCUT2D eigenvalue weighted by atomic mass is 16.1. The number of fused-ring (bicyclic) bond motifs is 2. The summed E-state index contributed by atoms with van der Waals surface area (Å²) in [6, 6.07) is 12.1. The molecular weight excluding hydrogens is 284 g/mol. The van der Waals surface area contributed by atoms with Gasteiger partial charge in [-0.2, -0.15) is 0 Å². The molecule has 1 heterocycles. The standard InChI is InChI=1S/C20H24N2O/c1-14(19-12-15-7-8-16(19)11-15)21-20(23)17-5-4-6-18(13-17)22-9-2-3-10-22/h2-6,9-10,13-16,19H,7-8,11-12H2,1H3,(H,21,23). The van der Waals surface area contributed by atoms with E-state index < -0.39 is 0 Å². The molecule has 4 atom stereocenters. The average molecular weight is 308 g/mol. The molecule has 1 aromatic carbocycles. The van der Waals surface area contributed by atoms with Crippen LogP contribution in [0.25, 0.3) is 5.69 Å². The lowest BCUT2D eigenvalue weighted by molar-refractivity contribution is 0.0915. The van der Waals surface area contributed by atoms with Gasteiger partial charge >= 0.3 is 0 Å². The number of hydrogen-bond acceptors (Lipinski definition) is 1. The monoisotopic (exact) mass is 308 g/mol. The van der Waals surface area contributed by atoms with Crippen LogP contribution in [0.1, 0.15) is 43.0 Å². The number of rotatable bonds is 4. The topological polar surface area (TPSA) is 34.0 Å². The van der Waals surface area contributed by atoms with Crippen molar-refractivity contribution in [3.8, 4) is 5.69 Å². The minimum Gasteiger partial charge on any atom is -0.349 e. The summed E-state index contributed by atoms with van der Waals surface area (Å²) in [6.07, 6.45) is 9.44. The highest BCUT2D eigenvalue weighted by molar-refractivity contribution is 5.94. The number of amides is 1. The Morgan fingerprint density at radius 1 is 1.17 bits per heavy atom. The summed E-state index contributed by atoms with van der Waals surface area (Å²) in [5, 5.41) is 3.25. The lowest BCUT2D eigenvalue weighted by Gasteiger charge is -2.28. The summed E-state index contributed by atoms with van der Waals surface area (Å²) in [5.41, 5.74) is 1.77. The largest absolute Gasteiger partial charge is 0.349 e. The van der Waals surface area contributed by atoms with Gasteiger partial charge < -0.3 is 9.88 Å². The fraction of sp³-hybridized carbons (Fsp3) is 0.450. The van der Waals surface area contributed by atoms with Crippen molar-refractivity contribution in [2.24, 2.45) is 17.8 Å². The summed E-state index contributed by atoms with van der Waals surface area (Å²) in [5.74, 6) is 2.47. The molecule has 1 amide bonds. The van der Waals surface area contributed by atoms with Crippen LogP contribution in [0.5, 0.6) is 0 Å². The first-order chi connectivity index (χ1) is 11.2. The molecule has 2 saturated carbocycles. The van der Waals surface area contributed by atoms with E-state index in [2.05, 4.69) is 12.2 Å². The summed E-state index contributed by atoms with van der Waals surface area (Å²) < 4.78 is 2.02. The molecule has 3 nitrogen and oxygen atoms in total. The van der Waals surface area contributed by atoms with Gasteiger partial charge in [-0.1, -0.05) is 12.5 Å². The van der Waals surface area contributed by atoms with Crippen molar-refractivity contribution in [2.75, 3.05) is 0 Å². The van der Waals surface area contributed by atoms with Gasteiger partial charge in [0.05, 0.1) is 0 Å². The Labute approximate surface area is 137 Å². The highest BCUT2D eigenvalue weighted by Gasteiger charge is 2.42. The fourth-order valence-electron chi connectivity index (χ4n) is 4.62. The third-order valence-electron chi connectivity index (χ3n) is 5.80. The number of carbonyl (C=O) groups is 1. The summed E-state index contributed by atoms with van der Waals surface area (Å²) in [4.78, 5) is 12.6. The van der Waals surface area contributed by atoms with Crippen molar-refractivity contribution in [3.63, 3.8) is 0 Å². The second-order valence-corrected chi connectivity index (χ2v) is 7.24. The predicted octanol–water partition coefficient (Wildman–Crippen LogP) is 4.03. The molecular formula is C20H24N2O. The Kier molecular flexibility index (Phi) is 3.72. The quantitative estimate of drug-likeness (QED) is 0.909. The van der Waals surface area contributed by atoms with Gasteiger partial charge in [0.1, 0.15) is 0 Å². The highest BCUT2D eigenvalue weighted by Crippen LogP contribution is 2.49.